The second-order valence-electron chi connectivity index (χ2n) is 6.00. The number of nitrogens with zero attached hydrogens (tertiary/aromatic N) is 2. The van der Waals surface area contributed by atoms with Crippen molar-refractivity contribution in [3.63, 3.8) is 0 Å². The minimum absolute atomic E-state index is 0.0784. The molecule has 1 aromatic heterocycles. The molecule has 5 nitrogen and oxygen atoms in total. The van der Waals surface area contributed by atoms with Crippen LogP contribution in [0, 0.1) is 5.92 Å². The van der Waals surface area contributed by atoms with Crippen LogP contribution in [-0.4, -0.2) is 16.0 Å². The van der Waals surface area contributed by atoms with Crippen molar-refractivity contribution in [3.05, 3.63) is 35.2 Å². The van der Waals surface area contributed by atoms with Gasteiger partial charge in [0.2, 0.25) is 17.6 Å². The van der Waals surface area contributed by atoms with Gasteiger partial charge >= 0.3 is 0 Å². The number of nitrogens with one attached hydrogen (secondary N) is 1. The summed E-state index contributed by atoms with van der Waals surface area (Å²) in [7, 11) is 0. The molecule has 2 aromatic rings. The lowest BCUT2D eigenvalue weighted by atomic mass is 9.88. The minimum Gasteiger partial charge on any atom is -0.344 e. The Bertz CT molecular complexity index is 680. The van der Waals surface area contributed by atoms with Gasteiger partial charge in [0.05, 0.1) is 5.02 Å². The van der Waals surface area contributed by atoms with Gasteiger partial charge in [-0.2, -0.15) is 4.98 Å². The Balaban J connectivity index is 1.67. The number of amides is 1. The Morgan fingerprint density at radius 1 is 1.30 bits per heavy atom. The number of hydrogen-bond acceptors (Lipinski definition) is 4. The van der Waals surface area contributed by atoms with Crippen molar-refractivity contribution >= 4 is 17.5 Å². The lowest BCUT2D eigenvalue weighted by molar-refractivity contribution is -0.126. The average Bonchev–Trinajstić information content (AvgIpc) is 3.06. The van der Waals surface area contributed by atoms with Crippen LogP contribution in [0.1, 0.15) is 51.0 Å². The highest BCUT2D eigenvalue weighted by molar-refractivity contribution is 6.33. The van der Waals surface area contributed by atoms with E-state index in [0.717, 1.165) is 31.2 Å². The first-order valence-electron chi connectivity index (χ1n) is 8.04. The molecule has 6 heteroatoms. The van der Waals surface area contributed by atoms with E-state index in [9.17, 15) is 4.79 Å². The lowest BCUT2D eigenvalue weighted by Gasteiger charge is -2.22. The normalized spacial score (nSPS) is 17.0. The van der Waals surface area contributed by atoms with Gasteiger partial charge in [-0.25, -0.2) is 0 Å². The summed E-state index contributed by atoms with van der Waals surface area (Å²) < 4.78 is 5.29. The highest BCUT2D eigenvalue weighted by atomic mass is 35.5. The first-order chi connectivity index (χ1) is 11.1. The van der Waals surface area contributed by atoms with Crippen molar-refractivity contribution in [1.29, 1.82) is 0 Å². The molecule has 1 saturated carbocycles. The van der Waals surface area contributed by atoms with Crippen LogP contribution in [0.5, 0.6) is 0 Å². The van der Waals surface area contributed by atoms with Crippen LogP contribution in [0.25, 0.3) is 11.4 Å². The summed E-state index contributed by atoms with van der Waals surface area (Å²) in [6.45, 7) is 1.85. The SMILES string of the molecule is C[C@H](NC(=O)C1CCCCC1)c1nc(-c2ccccc2Cl)no1. The summed E-state index contributed by atoms with van der Waals surface area (Å²) >= 11 is 6.14. The van der Waals surface area contributed by atoms with E-state index in [-0.39, 0.29) is 17.9 Å². The van der Waals surface area contributed by atoms with E-state index in [2.05, 4.69) is 15.5 Å². The van der Waals surface area contributed by atoms with Gasteiger partial charge in [-0.1, -0.05) is 48.2 Å². The molecule has 1 fully saturated rings. The van der Waals surface area contributed by atoms with Crippen molar-refractivity contribution in [3.8, 4) is 11.4 Å². The van der Waals surface area contributed by atoms with Gasteiger partial charge in [0.1, 0.15) is 6.04 Å². The van der Waals surface area contributed by atoms with Crippen molar-refractivity contribution in [2.45, 2.75) is 45.1 Å². The van der Waals surface area contributed by atoms with E-state index >= 15 is 0 Å². The summed E-state index contributed by atoms with van der Waals surface area (Å²) in [5.74, 6) is 1.01. The summed E-state index contributed by atoms with van der Waals surface area (Å²) in [5, 5.41) is 7.51. The molecule has 0 unspecified atom stereocenters. The van der Waals surface area contributed by atoms with Crippen LogP contribution in [0.3, 0.4) is 0 Å². The zero-order chi connectivity index (χ0) is 16.2. The molecule has 1 amide bonds. The molecule has 23 heavy (non-hydrogen) atoms. The molecule has 122 valence electrons. The van der Waals surface area contributed by atoms with Gasteiger partial charge in [0, 0.05) is 11.5 Å². The standard InChI is InChI=1S/C17H20ClN3O2/c1-11(19-16(22)12-7-3-2-4-8-12)17-20-15(21-23-17)13-9-5-6-10-14(13)18/h5-6,9-12H,2-4,7-8H2,1H3,(H,19,22)/t11-/m0/s1. The molecular formula is C17H20ClN3O2. The summed E-state index contributed by atoms with van der Waals surface area (Å²) in [5.41, 5.74) is 0.718. The third kappa shape index (κ3) is 3.72. The second kappa shape index (κ2) is 7.13. The Morgan fingerprint density at radius 3 is 2.78 bits per heavy atom. The molecule has 1 aliphatic rings. The molecular weight excluding hydrogens is 314 g/mol. The highest BCUT2D eigenvalue weighted by Crippen LogP contribution is 2.27. The first-order valence-corrected chi connectivity index (χ1v) is 8.42. The number of hydrogen-bond donors (Lipinski definition) is 1. The van der Waals surface area contributed by atoms with Crippen molar-refractivity contribution in [2.24, 2.45) is 5.92 Å². The van der Waals surface area contributed by atoms with Gasteiger partial charge in [0.25, 0.3) is 0 Å². The van der Waals surface area contributed by atoms with Gasteiger partial charge < -0.3 is 9.84 Å². The van der Waals surface area contributed by atoms with Crippen molar-refractivity contribution in [1.82, 2.24) is 15.5 Å². The van der Waals surface area contributed by atoms with E-state index in [4.69, 9.17) is 16.1 Å². The van der Waals surface area contributed by atoms with Gasteiger partial charge in [-0.05, 0) is 31.9 Å². The van der Waals surface area contributed by atoms with Crippen molar-refractivity contribution < 1.29 is 9.32 Å². The van der Waals surface area contributed by atoms with E-state index in [1.165, 1.54) is 6.42 Å². The maximum absolute atomic E-state index is 12.3. The fourth-order valence-corrected chi connectivity index (χ4v) is 3.14. The Morgan fingerprint density at radius 2 is 2.04 bits per heavy atom. The Kier molecular flexibility index (Phi) is 4.96. The quantitative estimate of drug-likeness (QED) is 0.912. The number of halogens is 1. The van der Waals surface area contributed by atoms with Gasteiger partial charge in [0.15, 0.2) is 0 Å². The average molecular weight is 334 g/mol. The molecule has 0 bridgehead atoms. The highest BCUT2D eigenvalue weighted by Gasteiger charge is 2.24. The van der Waals surface area contributed by atoms with E-state index in [1.807, 2.05) is 25.1 Å². The topological polar surface area (TPSA) is 68.0 Å². The monoisotopic (exact) mass is 333 g/mol. The predicted octanol–water partition coefficient (Wildman–Crippen LogP) is 4.15. The van der Waals surface area contributed by atoms with Gasteiger partial charge in [-0.15, -0.1) is 0 Å². The van der Waals surface area contributed by atoms with Gasteiger partial charge in [-0.3, -0.25) is 4.79 Å². The van der Waals surface area contributed by atoms with Crippen molar-refractivity contribution in [2.75, 3.05) is 0 Å². The van der Waals surface area contributed by atoms with E-state index in [0.29, 0.717) is 16.7 Å². The van der Waals surface area contributed by atoms with Crippen LogP contribution in [0.15, 0.2) is 28.8 Å². The van der Waals surface area contributed by atoms with Crippen LogP contribution >= 0.6 is 11.6 Å². The molecule has 1 heterocycles. The van der Waals surface area contributed by atoms with Crippen LogP contribution in [0.4, 0.5) is 0 Å². The smallest absolute Gasteiger partial charge is 0.249 e. The van der Waals surface area contributed by atoms with E-state index in [1.54, 1.807) is 6.07 Å². The zero-order valence-corrected chi connectivity index (χ0v) is 13.8. The second-order valence-corrected chi connectivity index (χ2v) is 6.41. The zero-order valence-electron chi connectivity index (χ0n) is 13.1. The molecule has 0 radical (unpaired) electrons. The number of rotatable bonds is 4. The summed E-state index contributed by atoms with van der Waals surface area (Å²) in [4.78, 5) is 16.7. The largest absolute Gasteiger partial charge is 0.344 e. The van der Waals surface area contributed by atoms with Crippen LogP contribution in [0.2, 0.25) is 5.02 Å². The Hall–Kier alpha value is -1.88. The molecule has 0 saturated heterocycles. The van der Waals surface area contributed by atoms with Crippen LogP contribution < -0.4 is 5.32 Å². The third-order valence-electron chi connectivity index (χ3n) is 4.26. The third-order valence-corrected chi connectivity index (χ3v) is 4.59. The van der Waals surface area contributed by atoms with Crippen LogP contribution in [-0.2, 0) is 4.79 Å². The molecule has 0 spiro atoms. The number of aromatic nitrogens is 2. The predicted molar refractivity (Wildman–Crippen MR) is 87.9 cm³/mol. The van der Waals surface area contributed by atoms with E-state index < -0.39 is 0 Å². The number of carbonyl (C=O) groups excluding carboxylic acids is 1. The number of benzene rings is 1. The molecule has 1 aliphatic carbocycles. The summed E-state index contributed by atoms with van der Waals surface area (Å²) in [6.07, 6.45) is 5.41. The fourth-order valence-electron chi connectivity index (χ4n) is 2.92. The molecule has 1 atom stereocenters. The molecule has 0 aliphatic heterocycles. The minimum atomic E-state index is -0.312. The fraction of sp³-hybridized carbons (Fsp3) is 0.471. The maximum Gasteiger partial charge on any atom is 0.249 e. The first kappa shape index (κ1) is 16.0. The molecule has 1 N–H and O–H groups in total. The Labute approximate surface area is 140 Å². The lowest BCUT2D eigenvalue weighted by Crippen LogP contribution is -2.33. The maximum atomic E-state index is 12.3. The molecule has 1 aromatic carbocycles. The molecule has 3 rings (SSSR count). The summed E-state index contributed by atoms with van der Waals surface area (Å²) in [6, 6.07) is 7.02. The number of carbonyl (C=O) groups is 1.